The van der Waals surface area contributed by atoms with Crippen LogP contribution in [-0.4, -0.2) is 49.9 Å². The van der Waals surface area contributed by atoms with E-state index < -0.39 is 17.6 Å². The Balaban J connectivity index is 1.47. The lowest BCUT2D eigenvalue weighted by molar-refractivity contribution is -0.136. The minimum absolute atomic E-state index is 0.000891. The third-order valence-electron chi connectivity index (χ3n) is 6.45. The molecule has 0 unspecified atom stereocenters. The highest BCUT2D eigenvalue weighted by Gasteiger charge is 2.26. The molecule has 4 rings (SSSR count). The predicted molar refractivity (Wildman–Crippen MR) is 124 cm³/mol. The van der Waals surface area contributed by atoms with Crippen LogP contribution in [-0.2, 0) is 16.0 Å². The number of carbonyl (C=O) groups excluding carboxylic acids is 2. The smallest absolute Gasteiger partial charge is 0.313 e. The molecule has 2 aliphatic heterocycles. The largest absolute Gasteiger partial charge is 0.374 e. The van der Waals surface area contributed by atoms with Gasteiger partial charge in [0.25, 0.3) is 0 Å². The van der Waals surface area contributed by atoms with Gasteiger partial charge in [0.1, 0.15) is 5.82 Å². The molecule has 0 saturated carbocycles. The van der Waals surface area contributed by atoms with Gasteiger partial charge in [0.15, 0.2) is 0 Å². The molecule has 2 aromatic carbocycles. The van der Waals surface area contributed by atoms with Crippen LogP contribution in [0.15, 0.2) is 42.5 Å². The molecule has 0 radical (unpaired) electrons. The number of fused-ring (bicyclic) bond motifs is 1. The van der Waals surface area contributed by atoms with E-state index in [0.717, 1.165) is 50.9 Å². The highest BCUT2D eigenvalue weighted by atomic mass is 19.1. The third-order valence-corrected chi connectivity index (χ3v) is 6.45. The van der Waals surface area contributed by atoms with E-state index in [1.165, 1.54) is 35.9 Å². The molecule has 32 heavy (non-hydrogen) atoms. The van der Waals surface area contributed by atoms with Crippen molar-refractivity contribution in [2.75, 3.05) is 43.4 Å². The van der Waals surface area contributed by atoms with Crippen molar-refractivity contribution >= 4 is 23.2 Å². The van der Waals surface area contributed by atoms with Crippen molar-refractivity contribution in [3.8, 4) is 0 Å². The summed E-state index contributed by atoms with van der Waals surface area (Å²) in [5.74, 6) is -2.19. The number of hydrogen-bond acceptors (Lipinski definition) is 4. The molecule has 2 amide bonds. The van der Waals surface area contributed by atoms with Gasteiger partial charge in [-0.15, -0.1) is 0 Å². The lowest BCUT2D eigenvalue weighted by Crippen LogP contribution is -2.43. The highest BCUT2D eigenvalue weighted by Crippen LogP contribution is 2.31. The van der Waals surface area contributed by atoms with E-state index in [0.29, 0.717) is 6.54 Å². The predicted octanol–water partition coefficient (Wildman–Crippen LogP) is 3.49. The summed E-state index contributed by atoms with van der Waals surface area (Å²) < 4.78 is 13.8. The van der Waals surface area contributed by atoms with Crippen molar-refractivity contribution in [2.24, 2.45) is 0 Å². The van der Waals surface area contributed by atoms with E-state index in [1.54, 1.807) is 6.07 Å². The molecule has 2 aliphatic rings. The summed E-state index contributed by atoms with van der Waals surface area (Å²) in [7, 11) is 2.12. The van der Waals surface area contributed by atoms with Crippen LogP contribution < -0.4 is 15.5 Å². The van der Waals surface area contributed by atoms with Gasteiger partial charge in [-0.25, -0.2) is 4.39 Å². The van der Waals surface area contributed by atoms with Crippen LogP contribution in [0.5, 0.6) is 0 Å². The lowest BCUT2D eigenvalue weighted by Gasteiger charge is -2.36. The van der Waals surface area contributed by atoms with Crippen LogP contribution in [0.2, 0.25) is 0 Å². The van der Waals surface area contributed by atoms with Gasteiger partial charge in [0.05, 0.1) is 11.7 Å². The van der Waals surface area contributed by atoms with Gasteiger partial charge < -0.3 is 15.5 Å². The minimum Gasteiger partial charge on any atom is -0.374 e. The number of amides is 2. The summed E-state index contributed by atoms with van der Waals surface area (Å²) >= 11 is 0. The molecule has 2 aromatic rings. The third kappa shape index (κ3) is 5.10. The Bertz CT molecular complexity index is 974. The fraction of sp³-hybridized carbons (Fsp3) is 0.440. The number of hydrogen-bond donors (Lipinski definition) is 2. The fourth-order valence-corrected chi connectivity index (χ4v) is 4.71. The van der Waals surface area contributed by atoms with Gasteiger partial charge in [-0.3, -0.25) is 14.5 Å². The van der Waals surface area contributed by atoms with E-state index in [9.17, 15) is 14.0 Å². The minimum atomic E-state index is -0.862. The zero-order valence-corrected chi connectivity index (χ0v) is 18.6. The average molecular weight is 439 g/mol. The second-order valence-corrected chi connectivity index (χ2v) is 8.67. The second kappa shape index (κ2) is 10.1. The van der Waals surface area contributed by atoms with Crippen molar-refractivity contribution in [2.45, 2.75) is 38.1 Å². The fourth-order valence-electron chi connectivity index (χ4n) is 4.71. The van der Waals surface area contributed by atoms with Crippen LogP contribution in [0, 0.1) is 5.82 Å². The maximum absolute atomic E-state index is 13.8. The SMILES string of the molecule is CN1CCCc2cc([C@@H](CNC(=O)C(=O)Nc3ccccc3F)N3CCCCC3)ccc21. The molecule has 0 bridgehead atoms. The Morgan fingerprint density at radius 2 is 1.78 bits per heavy atom. The topological polar surface area (TPSA) is 64.7 Å². The molecule has 6 nitrogen and oxygen atoms in total. The highest BCUT2D eigenvalue weighted by molar-refractivity contribution is 6.39. The first-order valence-corrected chi connectivity index (χ1v) is 11.4. The van der Waals surface area contributed by atoms with Crippen LogP contribution in [0.4, 0.5) is 15.8 Å². The molecule has 2 N–H and O–H groups in total. The summed E-state index contributed by atoms with van der Waals surface area (Å²) in [6.45, 7) is 3.34. The number of aryl methyl sites for hydroxylation is 1. The molecule has 1 fully saturated rings. The van der Waals surface area contributed by atoms with Gasteiger partial charge in [0, 0.05) is 25.8 Å². The zero-order valence-electron chi connectivity index (χ0n) is 18.6. The Labute approximate surface area is 188 Å². The van der Waals surface area contributed by atoms with E-state index in [2.05, 4.69) is 45.7 Å². The zero-order chi connectivity index (χ0) is 22.5. The van der Waals surface area contributed by atoms with E-state index in [4.69, 9.17) is 0 Å². The molecule has 7 heteroatoms. The summed E-state index contributed by atoms with van der Waals surface area (Å²) in [6.07, 6.45) is 5.67. The number of anilines is 2. The average Bonchev–Trinajstić information content (AvgIpc) is 2.81. The van der Waals surface area contributed by atoms with Crippen LogP contribution in [0.3, 0.4) is 0 Å². The number of carbonyl (C=O) groups is 2. The number of nitrogens with zero attached hydrogens (tertiary/aromatic N) is 2. The van der Waals surface area contributed by atoms with E-state index in [-0.39, 0.29) is 11.7 Å². The van der Waals surface area contributed by atoms with Crippen LogP contribution in [0.1, 0.15) is 42.9 Å². The van der Waals surface area contributed by atoms with Crippen molar-refractivity contribution in [1.29, 1.82) is 0 Å². The second-order valence-electron chi connectivity index (χ2n) is 8.67. The maximum atomic E-state index is 13.8. The van der Waals surface area contributed by atoms with Crippen molar-refractivity contribution in [3.05, 3.63) is 59.4 Å². The summed E-state index contributed by atoms with van der Waals surface area (Å²) in [5.41, 5.74) is 3.77. The molecule has 0 spiro atoms. The number of halogens is 1. The van der Waals surface area contributed by atoms with Crippen molar-refractivity contribution < 1.29 is 14.0 Å². The first-order valence-electron chi connectivity index (χ1n) is 11.4. The first kappa shape index (κ1) is 22.3. The Morgan fingerprint density at radius 1 is 1.00 bits per heavy atom. The monoisotopic (exact) mass is 438 g/mol. The standard InChI is InChI=1S/C25H31FN4O2/c1-29-13-7-8-18-16-19(11-12-22(18)29)23(30-14-5-2-6-15-30)17-27-24(31)25(32)28-21-10-4-3-9-20(21)26/h3-4,9-12,16,23H,2,5-8,13-15,17H2,1H3,(H,27,31)(H,28,32)/t23-/m1/s1. The van der Waals surface area contributed by atoms with Crippen molar-refractivity contribution in [1.82, 2.24) is 10.2 Å². The van der Waals surface area contributed by atoms with E-state index >= 15 is 0 Å². The van der Waals surface area contributed by atoms with Crippen LogP contribution >= 0.6 is 0 Å². The quantitative estimate of drug-likeness (QED) is 0.702. The summed E-state index contributed by atoms with van der Waals surface area (Å²) in [5, 5.41) is 5.14. The summed E-state index contributed by atoms with van der Waals surface area (Å²) in [6, 6.07) is 12.4. The normalized spacial score (nSPS) is 17.4. The molecule has 0 aromatic heterocycles. The van der Waals surface area contributed by atoms with E-state index in [1.807, 2.05) is 0 Å². The number of benzene rings is 2. The van der Waals surface area contributed by atoms with Crippen LogP contribution in [0.25, 0.3) is 0 Å². The molecular formula is C25H31FN4O2. The molecule has 1 saturated heterocycles. The number of piperidine rings is 1. The lowest BCUT2D eigenvalue weighted by atomic mass is 9.95. The van der Waals surface area contributed by atoms with Gasteiger partial charge >= 0.3 is 11.8 Å². The Hall–Kier alpha value is -2.93. The molecule has 1 atom stereocenters. The number of rotatable bonds is 5. The molecule has 2 heterocycles. The number of para-hydroxylation sites is 1. The van der Waals surface area contributed by atoms with Gasteiger partial charge in [-0.05, 0) is 68.1 Å². The molecule has 170 valence electrons. The number of likely N-dealkylation sites (tertiary alicyclic amines) is 1. The molecule has 0 aliphatic carbocycles. The summed E-state index contributed by atoms with van der Waals surface area (Å²) in [4.78, 5) is 29.5. The van der Waals surface area contributed by atoms with Gasteiger partial charge in [-0.1, -0.05) is 30.7 Å². The first-order chi connectivity index (χ1) is 15.5. The Kier molecular flexibility index (Phi) is 7.05. The van der Waals surface area contributed by atoms with Gasteiger partial charge in [-0.2, -0.15) is 0 Å². The number of nitrogens with one attached hydrogen (secondary N) is 2. The Morgan fingerprint density at radius 3 is 2.56 bits per heavy atom. The van der Waals surface area contributed by atoms with Gasteiger partial charge in [0.2, 0.25) is 0 Å². The molecular weight excluding hydrogens is 407 g/mol. The van der Waals surface area contributed by atoms with Crippen molar-refractivity contribution in [3.63, 3.8) is 0 Å². The maximum Gasteiger partial charge on any atom is 0.313 e.